The van der Waals surface area contributed by atoms with Crippen LogP contribution in [0.15, 0.2) is 24.3 Å². The minimum atomic E-state index is -0.173. The van der Waals surface area contributed by atoms with Crippen molar-refractivity contribution in [1.29, 1.82) is 0 Å². The number of likely N-dealkylation sites (N-methyl/N-ethyl adjacent to an activating group) is 1. The van der Waals surface area contributed by atoms with E-state index in [-0.39, 0.29) is 22.5 Å². The fraction of sp³-hybridized carbons (Fsp3) is 0.286. The largest absolute Gasteiger partial charge is 0.504 e. The smallest absolute Gasteiger partial charge is 0.177 e. The number of hydrogen-bond acceptors (Lipinski definition) is 4. The number of aromatic hydroxyl groups is 2. The fourth-order valence-corrected chi connectivity index (χ4v) is 3.61. The number of benzene rings is 1. The molecule has 2 aromatic rings. The summed E-state index contributed by atoms with van der Waals surface area (Å²) < 4.78 is 13.5. The minimum absolute atomic E-state index is 0.0287. The molecule has 3 nitrogen and oxygen atoms in total. The van der Waals surface area contributed by atoms with Gasteiger partial charge in [-0.25, -0.2) is 0 Å². The summed E-state index contributed by atoms with van der Waals surface area (Å²) in [6, 6.07) is 6.39. The van der Waals surface area contributed by atoms with Crippen molar-refractivity contribution < 1.29 is 14.6 Å². The summed E-state index contributed by atoms with van der Waals surface area (Å²) in [6.07, 6.45) is 0. The maximum absolute atomic E-state index is 13.5. The molecule has 0 fully saturated rings. The molecule has 1 aromatic carbocycles. The Kier molecular flexibility index (Phi) is 2.95. The average molecular weight is 279 g/mol. The van der Waals surface area contributed by atoms with Crippen LogP contribution in [0.4, 0.5) is 4.39 Å². The molecule has 0 bridgehead atoms. The molecule has 5 heteroatoms. The van der Waals surface area contributed by atoms with Gasteiger partial charge in [0, 0.05) is 23.9 Å². The first-order valence-electron chi connectivity index (χ1n) is 6.03. The van der Waals surface area contributed by atoms with Crippen LogP contribution in [-0.2, 0) is 6.54 Å². The number of thiophene rings is 1. The molecule has 1 unspecified atom stereocenters. The zero-order chi connectivity index (χ0) is 13.6. The van der Waals surface area contributed by atoms with Gasteiger partial charge in [-0.05, 0) is 36.4 Å². The van der Waals surface area contributed by atoms with Gasteiger partial charge in [0.25, 0.3) is 0 Å². The molecule has 19 heavy (non-hydrogen) atoms. The zero-order valence-electron chi connectivity index (χ0n) is 10.4. The van der Waals surface area contributed by atoms with Gasteiger partial charge in [-0.1, -0.05) is 6.07 Å². The number of hydrogen-bond donors (Lipinski definition) is 2. The predicted molar refractivity (Wildman–Crippen MR) is 72.2 cm³/mol. The van der Waals surface area contributed by atoms with E-state index in [0.717, 1.165) is 29.1 Å². The Morgan fingerprint density at radius 1 is 1.26 bits per heavy atom. The van der Waals surface area contributed by atoms with Crippen LogP contribution >= 0.6 is 11.3 Å². The van der Waals surface area contributed by atoms with Gasteiger partial charge in [0.05, 0.1) is 0 Å². The van der Waals surface area contributed by atoms with Crippen molar-refractivity contribution in [3.05, 3.63) is 45.4 Å². The summed E-state index contributed by atoms with van der Waals surface area (Å²) in [4.78, 5) is 3.16. The number of phenols is 2. The van der Waals surface area contributed by atoms with Crippen molar-refractivity contribution in [2.24, 2.45) is 0 Å². The van der Waals surface area contributed by atoms with E-state index in [9.17, 15) is 14.6 Å². The second-order valence-electron chi connectivity index (χ2n) is 4.93. The second kappa shape index (κ2) is 4.51. The van der Waals surface area contributed by atoms with Crippen molar-refractivity contribution in [3.8, 4) is 11.5 Å². The lowest BCUT2D eigenvalue weighted by molar-refractivity contribution is 0.299. The average Bonchev–Trinajstić information content (AvgIpc) is 2.72. The summed E-state index contributed by atoms with van der Waals surface area (Å²) in [5.41, 5.74) is 1.88. The van der Waals surface area contributed by atoms with Crippen molar-refractivity contribution in [3.63, 3.8) is 0 Å². The standard InChI is InChI=1S/C14H14FNO2S/c1-16-6-10(8-2-3-11(17)12(18)4-8)9-5-14(15)19-13(9)7-16/h2-5,10,17-18H,6-7H2,1H3. The first-order valence-corrected chi connectivity index (χ1v) is 6.85. The maximum atomic E-state index is 13.5. The van der Waals surface area contributed by atoms with Crippen molar-refractivity contribution in [2.75, 3.05) is 13.6 Å². The van der Waals surface area contributed by atoms with E-state index in [0.29, 0.717) is 0 Å². The first kappa shape index (κ1) is 12.4. The van der Waals surface area contributed by atoms with E-state index in [1.165, 1.54) is 17.4 Å². The number of fused-ring (bicyclic) bond motifs is 1. The first-order chi connectivity index (χ1) is 9.04. The van der Waals surface area contributed by atoms with Gasteiger partial charge in [-0.2, -0.15) is 4.39 Å². The van der Waals surface area contributed by atoms with E-state index in [1.807, 2.05) is 7.05 Å². The molecule has 100 valence electrons. The van der Waals surface area contributed by atoms with Gasteiger partial charge in [-0.3, -0.25) is 0 Å². The van der Waals surface area contributed by atoms with Crippen LogP contribution in [0.3, 0.4) is 0 Å². The van der Waals surface area contributed by atoms with E-state index < -0.39 is 0 Å². The molecule has 2 heterocycles. The molecule has 1 aromatic heterocycles. The normalized spacial score (nSPS) is 19.4. The number of rotatable bonds is 1. The molecule has 0 amide bonds. The number of phenolic OH excluding ortho intramolecular Hbond substituents is 2. The lowest BCUT2D eigenvalue weighted by Crippen LogP contribution is -2.29. The van der Waals surface area contributed by atoms with Crippen molar-refractivity contribution in [1.82, 2.24) is 4.90 Å². The van der Waals surface area contributed by atoms with Crippen LogP contribution in [0.1, 0.15) is 21.9 Å². The third kappa shape index (κ3) is 2.19. The van der Waals surface area contributed by atoms with Gasteiger partial charge in [0.15, 0.2) is 16.6 Å². The van der Waals surface area contributed by atoms with Gasteiger partial charge in [0.2, 0.25) is 0 Å². The molecule has 2 N–H and O–H groups in total. The molecule has 1 aliphatic heterocycles. The van der Waals surface area contributed by atoms with Crippen LogP contribution in [0.2, 0.25) is 0 Å². The van der Waals surface area contributed by atoms with Crippen molar-refractivity contribution in [2.45, 2.75) is 12.5 Å². The molecule has 0 aliphatic carbocycles. The Balaban J connectivity index is 2.06. The van der Waals surface area contributed by atoms with Crippen LogP contribution in [-0.4, -0.2) is 28.7 Å². The molecule has 1 aliphatic rings. The summed E-state index contributed by atoms with van der Waals surface area (Å²) in [6.45, 7) is 1.53. The van der Waals surface area contributed by atoms with E-state index >= 15 is 0 Å². The van der Waals surface area contributed by atoms with Crippen molar-refractivity contribution >= 4 is 11.3 Å². The Morgan fingerprint density at radius 2 is 2.05 bits per heavy atom. The van der Waals surface area contributed by atoms with Gasteiger partial charge in [0.1, 0.15) is 0 Å². The van der Waals surface area contributed by atoms with Gasteiger partial charge < -0.3 is 15.1 Å². The molecule has 3 rings (SSSR count). The van der Waals surface area contributed by atoms with E-state index in [1.54, 1.807) is 18.2 Å². The van der Waals surface area contributed by atoms with Crippen LogP contribution < -0.4 is 0 Å². The SMILES string of the molecule is CN1Cc2sc(F)cc2C(c2ccc(O)c(O)c2)C1. The minimum Gasteiger partial charge on any atom is -0.504 e. The van der Waals surface area contributed by atoms with E-state index in [4.69, 9.17) is 0 Å². The molecule has 0 saturated heterocycles. The predicted octanol–water partition coefficient (Wildman–Crippen LogP) is 2.88. The summed E-state index contributed by atoms with van der Waals surface area (Å²) in [5, 5.41) is 18.8. The maximum Gasteiger partial charge on any atom is 0.177 e. The number of nitrogens with zero attached hydrogens (tertiary/aromatic N) is 1. The Hall–Kier alpha value is -1.59. The molecule has 1 atom stereocenters. The molecule has 0 spiro atoms. The Morgan fingerprint density at radius 3 is 2.79 bits per heavy atom. The third-order valence-electron chi connectivity index (χ3n) is 3.50. The van der Waals surface area contributed by atoms with Crippen LogP contribution in [0.5, 0.6) is 11.5 Å². The highest BCUT2D eigenvalue weighted by Gasteiger charge is 2.27. The molecular weight excluding hydrogens is 265 g/mol. The lowest BCUT2D eigenvalue weighted by atomic mass is 9.88. The van der Waals surface area contributed by atoms with E-state index in [2.05, 4.69) is 4.90 Å². The molecule has 0 radical (unpaired) electrons. The summed E-state index contributed by atoms with van der Waals surface area (Å²) in [5.74, 6) is -0.242. The zero-order valence-corrected chi connectivity index (χ0v) is 11.2. The highest BCUT2D eigenvalue weighted by molar-refractivity contribution is 7.10. The third-order valence-corrected chi connectivity index (χ3v) is 4.42. The quantitative estimate of drug-likeness (QED) is 0.789. The topological polar surface area (TPSA) is 43.7 Å². The fourth-order valence-electron chi connectivity index (χ4n) is 2.59. The van der Waals surface area contributed by atoms with Crippen LogP contribution in [0.25, 0.3) is 0 Å². The Bertz CT molecular complexity index is 626. The summed E-state index contributed by atoms with van der Waals surface area (Å²) >= 11 is 1.18. The Labute approximate surface area is 114 Å². The molecular formula is C14H14FNO2S. The second-order valence-corrected chi connectivity index (χ2v) is 6.01. The highest BCUT2D eigenvalue weighted by atomic mass is 32.1. The highest BCUT2D eigenvalue weighted by Crippen LogP contribution is 2.39. The van der Waals surface area contributed by atoms with Gasteiger partial charge >= 0.3 is 0 Å². The monoisotopic (exact) mass is 279 g/mol. The summed E-state index contributed by atoms with van der Waals surface area (Å²) in [7, 11) is 1.99. The molecule has 0 saturated carbocycles. The van der Waals surface area contributed by atoms with Gasteiger partial charge in [-0.15, -0.1) is 11.3 Å². The van der Waals surface area contributed by atoms with Crippen LogP contribution in [0, 0.1) is 5.13 Å². The number of halogens is 1. The lowest BCUT2D eigenvalue weighted by Gasteiger charge is -2.30.